The Kier molecular flexibility index (Phi) is 5.46. The second-order valence-electron chi connectivity index (χ2n) is 15.6. The SMILES string of the molecule is CCCCP(N)(c1ccccc1-c1ccccc1)(C12CC3CC(CC(C3)C1)C2)C12CC3CC(CC(C3)C1)C2. The van der Waals surface area contributed by atoms with Crippen molar-refractivity contribution in [2.24, 2.45) is 41.0 Å². The molecule has 0 saturated heterocycles. The molecule has 8 fully saturated rings. The second-order valence-corrected chi connectivity index (χ2v) is 21.2. The zero-order chi connectivity index (χ0) is 25.6. The summed E-state index contributed by atoms with van der Waals surface area (Å²) in [5.74, 6) is 5.70. The molecule has 0 aliphatic heterocycles. The van der Waals surface area contributed by atoms with E-state index in [1.54, 1.807) is 5.30 Å². The molecule has 2 aromatic carbocycles. The van der Waals surface area contributed by atoms with Crippen molar-refractivity contribution in [3.05, 3.63) is 54.6 Å². The molecule has 0 aromatic heterocycles. The van der Waals surface area contributed by atoms with Gasteiger partial charge in [0.2, 0.25) is 0 Å². The summed E-state index contributed by atoms with van der Waals surface area (Å²) in [6.45, 7) is -0.532. The van der Waals surface area contributed by atoms with Crippen LogP contribution in [0.1, 0.15) is 96.8 Å². The van der Waals surface area contributed by atoms with E-state index in [0.29, 0.717) is 10.3 Å². The van der Waals surface area contributed by atoms with Crippen molar-refractivity contribution in [1.29, 1.82) is 0 Å². The quantitative estimate of drug-likeness (QED) is 0.357. The fraction of sp³-hybridized carbons (Fsp3) is 0.667. The van der Waals surface area contributed by atoms with E-state index in [0.717, 1.165) is 35.5 Å². The van der Waals surface area contributed by atoms with Gasteiger partial charge < -0.3 is 0 Å². The Morgan fingerprint density at radius 2 is 1.05 bits per heavy atom. The van der Waals surface area contributed by atoms with Gasteiger partial charge in [-0.3, -0.25) is 0 Å². The fourth-order valence-corrected chi connectivity index (χ4v) is 22.7. The first-order valence-electron chi connectivity index (χ1n) is 16.4. The molecule has 0 heterocycles. The molecule has 0 amide bonds. The number of hydrogen-bond donors (Lipinski definition) is 1. The summed E-state index contributed by atoms with van der Waals surface area (Å²) >= 11 is 0. The van der Waals surface area contributed by atoms with Crippen LogP contribution in [0.4, 0.5) is 0 Å². The predicted molar refractivity (Wildman–Crippen MR) is 164 cm³/mol. The molecule has 0 radical (unpaired) electrons. The first kappa shape index (κ1) is 24.6. The summed E-state index contributed by atoms with van der Waals surface area (Å²) in [5.41, 5.74) is 12.0. The number of nitrogens with two attached hydrogens (primary N) is 1. The average Bonchev–Trinajstić information content (AvgIpc) is 2.91. The maximum absolute atomic E-state index is 9.10. The van der Waals surface area contributed by atoms with Crippen molar-refractivity contribution in [2.75, 3.05) is 6.16 Å². The molecule has 38 heavy (non-hydrogen) atoms. The minimum atomic E-state index is -2.97. The monoisotopic (exact) mass is 527 g/mol. The van der Waals surface area contributed by atoms with Gasteiger partial charge in [0.1, 0.15) is 0 Å². The minimum absolute atomic E-state index is 0.381. The molecule has 0 spiro atoms. The Morgan fingerprint density at radius 3 is 1.50 bits per heavy atom. The van der Waals surface area contributed by atoms with Gasteiger partial charge in [-0.2, -0.15) is 0 Å². The first-order valence-corrected chi connectivity index (χ1v) is 18.9. The van der Waals surface area contributed by atoms with Crippen LogP contribution >= 0.6 is 6.75 Å². The van der Waals surface area contributed by atoms with Crippen molar-refractivity contribution in [1.82, 2.24) is 0 Å². The van der Waals surface area contributed by atoms with E-state index in [4.69, 9.17) is 5.50 Å². The molecule has 2 aromatic rings. The maximum atomic E-state index is 9.10. The van der Waals surface area contributed by atoms with Crippen LogP contribution in [-0.4, -0.2) is 16.5 Å². The number of benzene rings is 2. The summed E-state index contributed by atoms with van der Waals surface area (Å²) in [6, 6.07) is 21.2. The third-order valence-electron chi connectivity index (χ3n) is 13.7. The van der Waals surface area contributed by atoms with E-state index in [1.807, 2.05) is 0 Å². The van der Waals surface area contributed by atoms with Crippen LogP contribution in [0.25, 0.3) is 11.1 Å². The molecule has 8 saturated carbocycles. The van der Waals surface area contributed by atoms with Gasteiger partial charge in [-0.05, 0) is 0 Å². The second kappa shape index (κ2) is 8.42. The van der Waals surface area contributed by atoms with Gasteiger partial charge in [-0.15, -0.1) is 0 Å². The van der Waals surface area contributed by atoms with Crippen LogP contribution in [-0.2, 0) is 0 Å². The van der Waals surface area contributed by atoms with Gasteiger partial charge in [-0.25, -0.2) is 0 Å². The third-order valence-corrected chi connectivity index (χ3v) is 21.9. The molecule has 8 aliphatic carbocycles. The van der Waals surface area contributed by atoms with Gasteiger partial charge in [0, 0.05) is 0 Å². The molecular formula is C36H50NP. The summed E-state index contributed by atoms with van der Waals surface area (Å²) < 4.78 is 0. The Hall–Kier alpha value is -1.17. The van der Waals surface area contributed by atoms with Gasteiger partial charge in [0.15, 0.2) is 0 Å². The molecule has 10 rings (SSSR count). The number of unbranched alkanes of at least 4 members (excludes halogenated alkanes) is 1. The predicted octanol–water partition coefficient (Wildman–Crippen LogP) is 9.14. The van der Waals surface area contributed by atoms with E-state index < -0.39 is 6.75 Å². The molecule has 2 heteroatoms. The zero-order valence-corrected chi connectivity index (χ0v) is 24.7. The van der Waals surface area contributed by atoms with Crippen LogP contribution < -0.4 is 10.8 Å². The summed E-state index contributed by atoms with van der Waals surface area (Å²) in [4.78, 5) is 0. The van der Waals surface area contributed by atoms with E-state index in [2.05, 4.69) is 61.5 Å². The molecule has 0 unspecified atom stereocenters. The number of rotatable bonds is 7. The van der Waals surface area contributed by atoms with Crippen LogP contribution in [0.2, 0.25) is 0 Å². The van der Waals surface area contributed by atoms with Crippen LogP contribution in [0, 0.1) is 35.5 Å². The van der Waals surface area contributed by atoms with Crippen LogP contribution in [0.5, 0.6) is 0 Å². The molecule has 1 nitrogen and oxygen atoms in total. The molecular weight excluding hydrogens is 477 g/mol. The third kappa shape index (κ3) is 3.08. The molecule has 204 valence electrons. The Balaban J connectivity index is 1.45. The standard InChI is InChI=1S/C36H50NP/c1-2-3-13-38(37,35-20-26-14-27(21-35)16-28(15-26)22-35,36-23-29-17-30(24-36)19-31(18-29)25-36)34-12-8-7-11-33(34)32-9-5-4-6-10-32/h4-12,26-31H,2-3,13-25,37H2,1H3. The van der Waals surface area contributed by atoms with E-state index in [1.165, 1.54) is 107 Å². The summed E-state index contributed by atoms with van der Waals surface area (Å²) in [6.07, 6.45) is 21.8. The van der Waals surface area contributed by atoms with Gasteiger partial charge >= 0.3 is 232 Å². The Labute approximate surface area is 231 Å². The van der Waals surface area contributed by atoms with Crippen molar-refractivity contribution < 1.29 is 0 Å². The summed E-state index contributed by atoms with van der Waals surface area (Å²) in [7, 11) is 0. The van der Waals surface area contributed by atoms with Crippen molar-refractivity contribution in [3.63, 3.8) is 0 Å². The molecule has 2 N–H and O–H groups in total. The van der Waals surface area contributed by atoms with E-state index in [-0.39, 0.29) is 0 Å². The van der Waals surface area contributed by atoms with E-state index in [9.17, 15) is 0 Å². The first-order chi connectivity index (χ1) is 18.4. The van der Waals surface area contributed by atoms with Crippen molar-refractivity contribution in [3.8, 4) is 11.1 Å². The van der Waals surface area contributed by atoms with Crippen LogP contribution in [0.3, 0.4) is 0 Å². The topological polar surface area (TPSA) is 26.0 Å². The zero-order valence-electron chi connectivity index (χ0n) is 23.8. The van der Waals surface area contributed by atoms with Crippen molar-refractivity contribution in [2.45, 2.75) is 107 Å². The van der Waals surface area contributed by atoms with Crippen molar-refractivity contribution >= 4 is 12.1 Å². The van der Waals surface area contributed by atoms with Gasteiger partial charge in [0.25, 0.3) is 0 Å². The number of hydrogen-bond acceptors (Lipinski definition) is 1. The molecule has 8 bridgehead atoms. The van der Waals surface area contributed by atoms with E-state index >= 15 is 0 Å². The van der Waals surface area contributed by atoms with Gasteiger partial charge in [0.05, 0.1) is 0 Å². The Bertz CT molecular complexity index is 1100. The van der Waals surface area contributed by atoms with Crippen LogP contribution in [0.15, 0.2) is 54.6 Å². The fourth-order valence-electron chi connectivity index (χ4n) is 13.3. The molecule has 8 aliphatic rings. The normalized spacial score (nSPS) is 41.8. The average molecular weight is 528 g/mol. The molecule has 0 atom stereocenters. The summed E-state index contributed by atoms with van der Waals surface area (Å²) in [5, 5.41) is 2.46. The Morgan fingerprint density at radius 1 is 0.632 bits per heavy atom. The van der Waals surface area contributed by atoms with Gasteiger partial charge in [-0.1, -0.05) is 0 Å².